The number of piperazine rings is 2. The molecular weight excluding hydrogens is 777 g/mol. The summed E-state index contributed by atoms with van der Waals surface area (Å²) in [6.45, 7) is 5.88. The Morgan fingerprint density at radius 1 is 0.542 bits per heavy atom. The molecule has 16 nitrogen and oxygen atoms in total. The van der Waals surface area contributed by atoms with Crippen LogP contribution in [0.15, 0.2) is 94.7 Å². The Morgan fingerprint density at radius 3 is 1.17 bits per heavy atom. The van der Waals surface area contributed by atoms with E-state index in [4.69, 9.17) is 11.5 Å². The van der Waals surface area contributed by atoms with Crippen LogP contribution in [0.5, 0.6) is 0 Å². The van der Waals surface area contributed by atoms with E-state index in [2.05, 4.69) is 0 Å². The molecule has 304 valence electrons. The van der Waals surface area contributed by atoms with E-state index in [1.54, 1.807) is 80.3 Å². The Bertz CT molecular complexity index is 2200. The predicted octanol–water partition coefficient (Wildman–Crippen LogP) is 5.56. The van der Waals surface area contributed by atoms with Crippen LogP contribution < -0.4 is 11.5 Å². The summed E-state index contributed by atoms with van der Waals surface area (Å²) in [5, 5.41) is 26.1. The van der Waals surface area contributed by atoms with Crippen LogP contribution in [0, 0.1) is 20.2 Å². The van der Waals surface area contributed by atoms with Gasteiger partial charge in [0.2, 0.25) is 23.6 Å². The number of carbonyl (C=O) groups is 4. The van der Waals surface area contributed by atoms with Gasteiger partial charge in [-0.3, -0.25) is 39.4 Å². The summed E-state index contributed by atoms with van der Waals surface area (Å²) >= 11 is 0.842. The molecule has 0 unspecified atom stereocenters. The molecule has 6 rings (SSSR count). The van der Waals surface area contributed by atoms with Crippen LogP contribution in [0.4, 0.5) is 22.7 Å². The maximum atomic E-state index is 13.2. The molecule has 17 heteroatoms. The molecular formula is C42H42N8O8S. The van der Waals surface area contributed by atoms with Crippen molar-refractivity contribution in [3.63, 3.8) is 0 Å². The van der Waals surface area contributed by atoms with E-state index in [0.717, 1.165) is 11.8 Å². The summed E-state index contributed by atoms with van der Waals surface area (Å²) in [6.07, 6.45) is 5.67. The average molecular weight is 819 g/mol. The van der Waals surface area contributed by atoms with Gasteiger partial charge in [-0.15, -0.1) is 0 Å². The number of nitro benzene ring substituents is 2. The van der Waals surface area contributed by atoms with Gasteiger partial charge in [-0.25, -0.2) is 0 Å². The molecule has 59 heavy (non-hydrogen) atoms. The fraction of sp³-hybridized carbons (Fsp3) is 0.238. The zero-order valence-corrected chi connectivity index (χ0v) is 33.2. The average Bonchev–Trinajstić information content (AvgIpc) is 3.22. The van der Waals surface area contributed by atoms with Crippen LogP contribution in [0.1, 0.15) is 25.0 Å². The predicted molar refractivity (Wildman–Crippen MR) is 226 cm³/mol. The summed E-state index contributed by atoms with van der Waals surface area (Å²) in [5.41, 5.74) is 14.0. The number of anilines is 2. The van der Waals surface area contributed by atoms with Crippen molar-refractivity contribution in [1.82, 2.24) is 19.6 Å². The van der Waals surface area contributed by atoms with Gasteiger partial charge in [0.05, 0.1) is 30.8 Å². The van der Waals surface area contributed by atoms with Crippen molar-refractivity contribution in [2.75, 3.05) is 63.8 Å². The number of nitrogens with zero attached hydrogens (tertiary/aromatic N) is 6. The Morgan fingerprint density at radius 2 is 0.864 bits per heavy atom. The quantitative estimate of drug-likeness (QED) is 0.0873. The molecule has 0 aromatic heterocycles. The second-order valence-electron chi connectivity index (χ2n) is 13.9. The van der Waals surface area contributed by atoms with Crippen LogP contribution in [-0.2, 0) is 19.2 Å². The molecule has 0 atom stereocenters. The third-order valence-corrected chi connectivity index (χ3v) is 11.3. The lowest BCUT2D eigenvalue weighted by molar-refractivity contribution is -0.387. The summed E-state index contributed by atoms with van der Waals surface area (Å²) in [5.74, 6) is -0.796. The van der Waals surface area contributed by atoms with Crippen molar-refractivity contribution < 1.29 is 29.0 Å². The zero-order valence-electron chi connectivity index (χ0n) is 32.4. The fourth-order valence-electron chi connectivity index (χ4n) is 7.02. The third-order valence-electron chi connectivity index (χ3n) is 10.2. The van der Waals surface area contributed by atoms with Crippen molar-refractivity contribution >= 4 is 70.3 Å². The summed E-state index contributed by atoms with van der Waals surface area (Å²) < 4.78 is 0. The molecule has 0 aliphatic carbocycles. The second-order valence-corrected chi connectivity index (χ2v) is 15.0. The van der Waals surface area contributed by atoms with Gasteiger partial charge in [0, 0.05) is 89.7 Å². The van der Waals surface area contributed by atoms with Gasteiger partial charge in [0.1, 0.15) is 0 Å². The smallest absolute Gasteiger partial charge is 0.291 e. The van der Waals surface area contributed by atoms with E-state index in [1.807, 2.05) is 0 Å². The monoisotopic (exact) mass is 818 g/mol. The van der Waals surface area contributed by atoms with Gasteiger partial charge < -0.3 is 31.1 Å². The summed E-state index contributed by atoms with van der Waals surface area (Å²) in [7, 11) is 0. The third kappa shape index (κ3) is 9.59. The minimum atomic E-state index is -0.556. The highest BCUT2D eigenvalue weighted by atomic mass is 32.2. The first-order chi connectivity index (χ1) is 28.2. The highest BCUT2D eigenvalue weighted by molar-refractivity contribution is 7.99. The van der Waals surface area contributed by atoms with E-state index in [0.29, 0.717) is 86.0 Å². The minimum absolute atomic E-state index is 0.0737. The fourth-order valence-corrected chi connectivity index (χ4v) is 8.08. The van der Waals surface area contributed by atoms with Gasteiger partial charge >= 0.3 is 0 Å². The van der Waals surface area contributed by atoms with Crippen LogP contribution in [-0.4, -0.2) is 105 Å². The highest BCUT2D eigenvalue weighted by Gasteiger charge is 2.30. The number of carbonyl (C=O) groups excluding carboxylic acids is 4. The molecule has 2 aliphatic rings. The maximum Gasteiger partial charge on any atom is 0.291 e. The van der Waals surface area contributed by atoms with Crippen LogP contribution in [0.25, 0.3) is 34.4 Å². The van der Waals surface area contributed by atoms with Crippen LogP contribution >= 0.6 is 11.8 Å². The van der Waals surface area contributed by atoms with Gasteiger partial charge in [0.15, 0.2) is 0 Å². The molecule has 0 radical (unpaired) electrons. The number of benzene rings is 4. The maximum absolute atomic E-state index is 13.2. The normalized spacial score (nSPS) is 14.5. The first kappa shape index (κ1) is 41.6. The lowest BCUT2D eigenvalue weighted by atomic mass is 9.96. The van der Waals surface area contributed by atoms with Crippen molar-refractivity contribution in [3.8, 4) is 22.3 Å². The number of amides is 4. The van der Waals surface area contributed by atoms with Crippen molar-refractivity contribution in [3.05, 3.63) is 116 Å². The molecule has 2 saturated heterocycles. The highest BCUT2D eigenvalue weighted by Crippen LogP contribution is 2.48. The van der Waals surface area contributed by atoms with Gasteiger partial charge in [-0.2, -0.15) is 0 Å². The van der Waals surface area contributed by atoms with Gasteiger partial charge in [-0.05, 0) is 70.8 Å². The van der Waals surface area contributed by atoms with E-state index in [-0.39, 0.29) is 55.9 Å². The van der Waals surface area contributed by atoms with Gasteiger partial charge in [0.25, 0.3) is 11.4 Å². The molecule has 2 heterocycles. The topological polar surface area (TPSA) is 220 Å². The SMILES string of the molecule is CC(=O)N1CCN(C(=O)C=Cc2ccc(Sc3ccc(C=CC(=O)N4CCN(C(C)=O)CC4)c(-c4ccc(N)cc4)c3[N+](=O)[O-])c([N+](=O)[O-])c2-c2ccc(N)cc2)CC1. The largest absolute Gasteiger partial charge is 0.399 e. The Balaban J connectivity index is 1.41. The van der Waals surface area contributed by atoms with Crippen molar-refractivity contribution in [2.24, 2.45) is 0 Å². The standard InChI is InChI=1S/C42H42N8O8S/c1-27(51)45-19-23-47(24-20-45)37(53)17-9-31-7-15-35(41(49(55)56)39(31)29-3-11-33(43)12-4-29)59-36-16-8-32(10-18-38(54)48-25-21-46(22-26-48)28(2)52)40(42(36)50(57)58)30-5-13-34(44)14-6-30/h3-18H,19-26,43-44H2,1-2H3. The molecule has 0 bridgehead atoms. The zero-order chi connectivity index (χ0) is 42.4. The summed E-state index contributed by atoms with van der Waals surface area (Å²) in [4.78, 5) is 81.7. The Hall–Kier alpha value is -7.01. The molecule has 4 amide bonds. The first-order valence-corrected chi connectivity index (χ1v) is 19.5. The van der Waals surface area contributed by atoms with E-state index in [9.17, 15) is 39.4 Å². The number of hydrogen-bond acceptors (Lipinski definition) is 11. The number of rotatable bonds is 10. The minimum Gasteiger partial charge on any atom is -0.399 e. The van der Waals surface area contributed by atoms with Crippen molar-refractivity contribution in [2.45, 2.75) is 23.6 Å². The second kappa shape index (κ2) is 18.1. The lowest BCUT2D eigenvalue weighted by Gasteiger charge is -2.33. The number of nitro groups is 2. The number of nitrogens with two attached hydrogens (primary N) is 2. The lowest BCUT2D eigenvalue weighted by Crippen LogP contribution is -2.49. The summed E-state index contributed by atoms with van der Waals surface area (Å²) in [6, 6.07) is 19.1. The van der Waals surface area contributed by atoms with Gasteiger partial charge in [-0.1, -0.05) is 48.2 Å². The molecule has 2 fully saturated rings. The molecule has 0 saturated carbocycles. The molecule has 0 spiro atoms. The van der Waals surface area contributed by atoms with E-state index < -0.39 is 9.85 Å². The van der Waals surface area contributed by atoms with E-state index >= 15 is 0 Å². The Labute approximate surface area is 344 Å². The van der Waals surface area contributed by atoms with Crippen molar-refractivity contribution in [1.29, 1.82) is 0 Å². The molecule has 4 N–H and O–H groups in total. The Kier molecular flexibility index (Phi) is 12.7. The first-order valence-electron chi connectivity index (χ1n) is 18.7. The van der Waals surface area contributed by atoms with Crippen LogP contribution in [0.3, 0.4) is 0 Å². The molecule has 2 aliphatic heterocycles. The molecule has 4 aromatic carbocycles. The molecule has 4 aromatic rings. The van der Waals surface area contributed by atoms with E-state index in [1.165, 1.54) is 50.3 Å². The number of nitrogen functional groups attached to an aromatic ring is 2. The number of hydrogen-bond donors (Lipinski definition) is 2. The van der Waals surface area contributed by atoms with Crippen LogP contribution in [0.2, 0.25) is 0 Å².